The van der Waals surface area contributed by atoms with Gasteiger partial charge in [-0.3, -0.25) is 4.79 Å². The average molecular weight is 348 g/mol. The minimum atomic E-state index is 0.0419. The highest BCUT2D eigenvalue weighted by Gasteiger charge is 2.43. The molecule has 1 atom stereocenters. The largest absolute Gasteiger partial charge is 0.356 e. The summed E-state index contributed by atoms with van der Waals surface area (Å²) in [6.45, 7) is 9.71. The van der Waals surface area contributed by atoms with Gasteiger partial charge < -0.3 is 10.2 Å². The van der Waals surface area contributed by atoms with Gasteiger partial charge in [0.25, 0.3) is 0 Å². The molecule has 1 unspecified atom stereocenters. The molecule has 1 aliphatic carbocycles. The van der Waals surface area contributed by atoms with Gasteiger partial charge in [0, 0.05) is 25.6 Å². The Hall–Kier alpha value is -1.66. The summed E-state index contributed by atoms with van der Waals surface area (Å²) in [5, 5.41) is 15.6. The first-order chi connectivity index (χ1) is 12.0. The van der Waals surface area contributed by atoms with Crippen molar-refractivity contribution in [3.8, 4) is 0 Å². The van der Waals surface area contributed by atoms with Crippen LogP contribution < -0.4 is 10.2 Å². The Labute approximate surface area is 150 Å². The van der Waals surface area contributed by atoms with E-state index in [2.05, 4.69) is 32.7 Å². The summed E-state index contributed by atoms with van der Waals surface area (Å²) in [5.74, 6) is 1.55. The SMILES string of the molecule is CCCC1(Cn2nnnc2N2CCCC(CNC(=O)C(C)C)C2)CC1. The lowest BCUT2D eigenvalue weighted by Crippen LogP contribution is -2.43. The second kappa shape index (κ2) is 7.70. The fourth-order valence-corrected chi connectivity index (χ4v) is 3.90. The maximum Gasteiger partial charge on any atom is 0.245 e. The molecular formula is C18H32N6O. The first kappa shape index (κ1) is 18.1. The molecule has 2 aliphatic rings. The van der Waals surface area contributed by atoms with Crippen molar-refractivity contribution in [1.82, 2.24) is 25.5 Å². The molecule has 7 nitrogen and oxygen atoms in total. The van der Waals surface area contributed by atoms with Gasteiger partial charge in [-0.15, -0.1) is 0 Å². The van der Waals surface area contributed by atoms with E-state index < -0.39 is 0 Å². The number of nitrogens with one attached hydrogen (secondary N) is 1. The summed E-state index contributed by atoms with van der Waals surface area (Å²) < 4.78 is 2.01. The van der Waals surface area contributed by atoms with Gasteiger partial charge in [0.05, 0.1) is 6.54 Å². The zero-order valence-corrected chi connectivity index (χ0v) is 15.9. The van der Waals surface area contributed by atoms with Gasteiger partial charge in [0.1, 0.15) is 0 Å². The van der Waals surface area contributed by atoms with Gasteiger partial charge in [-0.1, -0.05) is 32.3 Å². The number of aromatic nitrogens is 4. The van der Waals surface area contributed by atoms with Crippen LogP contribution in [0.25, 0.3) is 0 Å². The van der Waals surface area contributed by atoms with Crippen molar-refractivity contribution in [3.63, 3.8) is 0 Å². The number of carbonyl (C=O) groups excluding carboxylic acids is 1. The standard InChI is InChI=1S/C18H32N6O/c1-4-7-18(8-9-18)13-24-17(20-21-22-24)23-10-5-6-15(12-23)11-19-16(25)14(2)3/h14-15H,4-13H2,1-3H3,(H,19,25). The monoisotopic (exact) mass is 348 g/mol. The van der Waals surface area contributed by atoms with E-state index in [9.17, 15) is 4.79 Å². The third kappa shape index (κ3) is 4.50. The van der Waals surface area contributed by atoms with Crippen LogP contribution >= 0.6 is 0 Å². The maximum atomic E-state index is 11.8. The molecule has 1 saturated carbocycles. The van der Waals surface area contributed by atoms with Crippen molar-refractivity contribution in [2.75, 3.05) is 24.5 Å². The normalized spacial score (nSPS) is 22.2. The maximum absolute atomic E-state index is 11.8. The molecule has 1 aromatic rings. The molecule has 1 amide bonds. The molecule has 7 heteroatoms. The van der Waals surface area contributed by atoms with Crippen molar-refractivity contribution < 1.29 is 4.79 Å². The number of anilines is 1. The van der Waals surface area contributed by atoms with Crippen molar-refractivity contribution in [3.05, 3.63) is 0 Å². The van der Waals surface area contributed by atoms with Gasteiger partial charge in [0.15, 0.2) is 0 Å². The Bertz CT molecular complexity index is 580. The fourth-order valence-electron chi connectivity index (χ4n) is 3.90. The number of tetrazole rings is 1. The van der Waals surface area contributed by atoms with Gasteiger partial charge in [-0.25, -0.2) is 4.68 Å². The second-order valence-electron chi connectivity index (χ2n) is 8.24. The first-order valence-corrected chi connectivity index (χ1v) is 9.82. The predicted molar refractivity (Wildman–Crippen MR) is 97.2 cm³/mol. The summed E-state index contributed by atoms with van der Waals surface area (Å²) in [6.07, 6.45) is 7.34. The lowest BCUT2D eigenvalue weighted by atomic mass is 9.98. The molecule has 1 N–H and O–H groups in total. The van der Waals surface area contributed by atoms with Gasteiger partial charge in [-0.05, 0) is 53.9 Å². The molecule has 25 heavy (non-hydrogen) atoms. The highest BCUT2D eigenvalue weighted by Crippen LogP contribution is 2.51. The Morgan fingerprint density at radius 2 is 2.20 bits per heavy atom. The molecule has 0 spiro atoms. The predicted octanol–water partition coefficient (Wildman–Crippen LogP) is 2.24. The Kier molecular flexibility index (Phi) is 5.59. The van der Waals surface area contributed by atoms with E-state index in [1.54, 1.807) is 0 Å². The highest BCUT2D eigenvalue weighted by molar-refractivity contribution is 5.77. The number of hydrogen-bond acceptors (Lipinski definition) is 5. The molecule has 2 heterocycles. The third-order valence-electron chi connectivity index (χ3n) is 5.63. The van der Waals surface area contributed by atoms with Crippen molar-refractivity contribution in [2.45, 2.75) is 65.8 Å². The number of rotatable bonds is 8. The number of carbonyl (C=O) groups is 1. The van der Waals surface area contributed by atoms with Gasteiger partial charge >= 0.3 is 0 Å². The second-order valence-corrected chi connectivity index (χ2v) is 8.24. The van der Waals surface area contributed by atoms with E-state index in [1.165, 1.54) is 25.7 Å². The summed E-state index contributed by atoms with van der Waals surface area (Å²) in [7, 11) is 0. The van der Waals surface area contributed by atoms with E-state index in [-0.39, 0.29) is 11.8 Å². The molecular weight excluding hydrogens is 316 g/mol. The minimum absolute atomic E-state index is 0.0419. The minimum Gasteiger partial charge on any atom is -0.356 e. The topological polar surface area (TPSA) is 75.9 Å². The smallest absolute Gasteiger partial charge is 0.245 e. The number of piperidine rings is 1. The van der Waals surface area contributed by atoms with Gasteiger partial charge in [0.2, 0.25) is 11.9 Å². The summed E-state index contributed by atoms with van der Waals surface area (Å²) in [6, 6.07) is 0. The van der Waals surface area contributed by atoms with Crippen LogP contribution in [0.5, 0.6) is 0 Å². The summed E-state index contributed by atoms with van der Waals surface area (Å²) in [5.41, 5.74) is 0.430. The number of amides is 1. The molecule has 1 aromatic heterocycles. The van der Waals surface area contributed by atoms with E-state index in [0.29, 0.717) is 11.3 Å². The van der Waals surface area contributed by atoms with Crippen LogP contribution in [0, 0.1) is 17.3 Å². The van der Waals surface area contributed by atoms with Crippen molar-refractivity contribution >= 4 is 11.9 Å². The van der Waals surface area contributed by atoms with E-state index >= 15 is 0 Å². The first-order valence-electron chi connectivity index (χ1n) is 9.82. The van der Waals surface area contributed by atoms with Crippen LogP contribution in [-0.2, 0) is 11.3 Å². The quantitative estimate of drug-likeness (QED) is 0.780. The van der Waals surface area contributed by atoms with Crippen LogP contribution in [0.2, 0.25) is 0 Å². The zero-order chi connectivity index (χ0) is 17.9. The van der Waals surface area contributed by atoms with Crippen LogP contribution in [0.4, 0.5) is 5.95 Å². The lowest BCUT2D eigenvalue weighted by Gasteiger charge is -2.33. The number of hydrogen-bond donors (Lipinski definition) is 1. The Morgan fingerprint density at radius 3 is 2.88 bits per heavy atom. The lowest BCUT2D eigenvalue weighted by molar-refractivity contribution is -0.124. The summed E-state index contributed by atoms with van der Waals surface area (Å²) in [4.78, 5) is 14.1. The van der Waals surface area contributed by atoms with E-state index in [4.69, 9.17) is 0 Å². The van der Waals surface area contributed by atoms with Crippen molar-refractivity contribution in [2.24, 2.45) is 17.3 Å². The molecule has 0 aromatic carbocycles. The average Bonchev–Trinajstić information content (AvgIpc) is 3.19. The Balaban J connectivity index is 1.59. The van der Waals surface area contributed by atoms with Crippen LogP contribution in [-0.4, -0.2) is 45.7 Å². The molecule has 3 rings (SSSR count). The van der Waals surface area contributed by atoms with Crippen LogP contribution in [0.15, 0.2) is 0 Å². The highest BCUT2D eigenvalue weighted by atomic mass is 16.1. The molecule has 1 aliphatic heterocycles. The zero-order valence-electron chi connectivity index (χ0n) is 15.9. The molecule has 1 saturated heterocycles. The van der Waals surface area contributed by atoms with E-state index in [0.717, 1.165) is 45.0 Å². The molecule has 0 bridgehead atoms. The molecule has 2 fully saturated rings. The van der Waals surface area contributed by atoms with Crippen LogP contribution in [0.1, 0.15) is 59.3 Å². The Morgan fingerprint density at radius 1 is 1.40 bits per heavy atom. The van der Waals surface area contributed by atoms with Crippen molar-refractivity contribution in [1.29, 1.82) is 0 Å². The van der Waals surface area contributed by atoms with Gasteiger partial charge in [-0.2, -0.15) is 0 Å². The van der Waals surface area contributed by atoms with E-state index in [1.807, 2.05) is 18.5 Å². The summed E-state index contributed by atoms with van der Waals surface area (Å²) >= 11 is 0. The van der Waals surface area contributed by atoms with Crippen LogP contribution in [0.3, 0.4) is 0 Å². The molecule has 0 radical (unpaired) electrons. The third-order valence-corrected chi connectivity index (χ3v) is 5.63. The molecule has 140 valence electrons. The fraction of sp³-hybridized carbons (Fsp3) is 0.889. The number of nitrogens with zero attached hydrogens (tertiary/aromatic N) is 5.